The molecule has 1 amide bonds. The van der Waals surface area contributed by atoms with Gasteiger partial charge in [-0.3, -0.25) is 4.79 Å². The molecule has 0 aromatic heterocycles. The molecule has 2 N–H and O–H groups in total. The predicted octanol–water partition coefficient (Wildman–Crippen LogP) is 3.38. The Balaban J connectivity index is 2.19. The van der Waals surface area contributed by atoms with Crippen LogP contribution in [0.25, 0.3) is 0 Å². The van der Waals surface area contributed by atoms with Crippen LogP contribution in [0.2, 0.25) is 0 Å². The normalized spacial score (nSPS) is 12.6. The van der Waals surface area contributed by atoms with Crippen molar-refractivity contribution in [1.29, 1.82) is 0 Å². The van der Waals surface area contributed by atoms with Crippen molar-refractivity contribution in [3.05, 3.63) is 59.7 Å². The van der Waals surface area contributed by atoms with Crippen LogP contribution in [0.5, 0.6) is 0 Å². The van der Waals surface area contributed by atoms with E-state index in [9.17, 15) is 13.2 Å². The van der Waals surface area contributed by atoms with Gasteiger partial charge < -0.3 is 5.32 Å². The van der Waals surface area contributed by atoms with E-state index in [-0.39, 0.29) is 16.8 Å². The van der Waals surface area contributed by atoms with Gasteiger partial charge in [-0.25, -0.2) is 13.1 Å². The SMILES string of the molecule is CC[C@H](NS(=O)(=O)c1ccc(NC(C)=O)cc1)c1ccc(C)cc1. The van der Waals surface area contributed by atoms with Crippen molar-refractivity contribution in [3.63, 3.8) is 0 Å². The van der Waals surface area contributed by atoms with Crippen molar-refractivity contribution in [2.75, 3.05) is 5.32 Å². The van der Waals surface area contributed by atoms with E-state index >= 15 is 0 Å². The standard InChI is InChI=1S/C18H22N2O3S/c1-4-18(15-7-5-13(2)6-8-15)20-24(22,23)17-11-9-16(10-12-17)19-14(3)21/h5-12,18,20H,4H2,1-3H3,(H,19,21)/t18-/m0/s1. The van der Waals surface area contributed by atoms with Gasteiger partial charge in [-0.1, -0.05) is 36.8 Å². The summed E-state index contributed by atoms with van der Waals surface area (Å²) in [4.78, 5) is 11.2. The Labute approximate surface area is 143 Å². The minimum absolute atomic E-state index is 0.169. The molecule has 2 rings (SSSR count). The molecule has 2 aromatic rings. The molecule has 0 saturated heterocycles. The lowest BCUT2D eigenvalue weighted by Gasteiger charge is -2.18. The third kappa shape index (κ3) is 4.66. The van der Waals surface area contributed by atoms with Crippen molar-refractivity contribution in [1.82, 2.24) is 4.72 Å². The van der Waals surface area contributed by atoms with Crippen LogP contribution < -0.4 is 10.0 Å². The van der Waals surface area contributed by atoms with E-state index in [1.54, 1.807) is 12.1 Å². The summed E-state index contributed by atoms with van der Waals surface area (Å²) in [6, 6.07) is 13.6. The summed E-state index contributed by atoms with van der Waals surface area (Å²) in [6.07, 6.45) is 0.645. The maximum absolute atomic E-state index is 12.6. The minimum Gasteiger partial charge on any atom is -0.326 e. The van der Waals surface area contributed by atoms with Crippen LogP contribution in [0.1, 0.15) is 37.4 Å². The molecule has 0 heterocycles. The molecule has 128 valence electrons. The Bertz CT molecular complexity index is 797. The number of amides is 1. The number of hydrogen-bond acceptors (Lipinski definition) is 3. The molecule has 0 aliphatic rings. The Hall–Kier alpha value is -2.18. The number of benzene rings is 2. The topological polar surface area (TPSA) is 75.3 Å². The highest BCUT2D eigenvalue weighted by Gasteiger charge is 2.20. The molecule has 0 spiro atoms. The van der Waals surface area contributed by atoms with E-state index in [4.69, 9.17) is 0 Å². The first-order chi connectivity index (χ1) is 11.3. The summed E-state index contributed by atoms with van der Waals surface area (Å²) in [7, 11) is -3.64. The Morgan fingerprint density at radius 3 is 2.12 bits per heavy atom. The molecule has 5 nitrogen and oxygen atoms in total. The largest absolute Gasteiger partial charge is 0.326 e. The summed E-state index contributed by atoms with van der Waals surface area (Å²) in [5.74, 6) is -0.200. The number of anilines is 1. The van der Waals surface area contributed by atoms with Crippen LogP contribution in [-0.4, -0.2) is 14.3 Å². The highest BCUT2D eigenvalue weighted by Crippen LogP contribution is 2.21. The third-order valence-electron chi connectivity index (χ3n) is 3.67. The molecule has 6 heteroatoms. The molecule has 1 atom stereocenters. The zero-order valence-electron chi connectivity index (χ0n) is 14.0. The molecule has 0 aliphatic carbocycles. The van der Waals surface area contributed by atoms with Crippen LogP contribution in [0.4, 0.5) is 5.69 Å². The fourth-order valence-corrected chi connectivity index (χ4v) is 3.67. The highest BCUT2D eigenvalue weighted by molar-refractivity contribution is 7.89. The van der Waals surface area contributed by atoms with Gasteiger partial charge >= 0.3 is 0 Å². The number of carbonyl (C=O) groups is 1. The number of aryl methyl sites for hydroxylation is 1. The van der Waals surface area contributed by atoms with Crippen LogP contribution in [0.15, 0.2) is 53.4 Å². The summed E-state index contributed by atoms with van der Waals surface area (Å²) < 4.78 is 27.9. The molecule has 0 aliphatic heterocycles. The Morgan fingerprint density at radius 1 is 1.04 bits per heavy atom. The van der Waals surface area contributed by atoms with Crippen LogP contribution >= 0.6 is 0 Å². The van der Waals surface area contributed by atoms with Gasteiger partial charge in [0.25, 0.3) is 0 Å². The van der Waals surface area contributed by atoms with Gasteiger partial charge in [0.1, 0.15) is 0 Å². The van der Waals surface area contributed by atoms with Gasteiger partial charge in [-0.2, -0.15) is 0 Å². The fourth-order valence-electron chi connectivity index (χ4n) is 2.36. The van der Waals surface area contributed by atoms with Gasteiger partial charge in [-0.05, 0) is 43.2 Å². The average Bonchev–Trinajstić information content (AvgIpc) is 2.53. The van der Waals surface area contributed by atoms with Crippen LogP contribution in [0, 0.1) is 6.92 Å². The smallest absolute Gasteiger partial charge is 0.241 e. The monoisotopic (exact) mass is 346 g/mol. The first-order valence-corrected chi connectivity index (χ1v) is 9.26. The van der Waals surface area contributed by atoms with Crippen LogP contribution in [0.3, 0.4) is 0 Å². The van der Waals surface area contributed by atoms with Crippen molar-refractivity contribution >= 4 is 21.6 Å². The Kier molecular flexibility index (Phi) is 5.75. The van der Waals surface area contributed by atoms with E-state index < -0.39 is 10.0 Å². The summed E-state index contributed by atoms with van der Waals surface area (Å²) in [5.41, 5.74) is 2.62. The first kappa shape index (κ1) is 18.2. The second-order valence-corrected chi connectivity index (χ2v) is 7.41. The maximum atomic E-state index is 12.6. The van der Waals surface area contributed by atoms with Gasteiger partial charge in [0, 0.05) is 18.7 Å². The van der Waals surface area contributed by atoms with Crippen molar-refractivity contribution in [3.8, 4) is 0 Å². The summed E-state index contributed by atoms with van der Waals surface area (Å²) >= 11 is 0. The van der Waals surface area contributed by atoms with E-state index in [2.05, 4.69) is 10.0 Å². The number of carbonyl (C=O) groups excluding carboxylic acids is 1. The fraction of sp³-hybridized carbons (Fsp3) is 0.278. The Morgan fingerprint density at radius 2 is 1.62 bits per heavy atom. The van der Waals surface area contributed by atoms with Crippen molar-refractivity contribution in [2.24, 2.45) is 0 Å². The molecule has 0 unspecified atom stereocenters. The van der Waals surface area contributed by atoms with Gasteiger partial charge in [0.15, 0.2) is 0 Å². The molecule has 0 saturated carbocycles. The van der Waals surface area contributed by atoms with Gasteiger partial charge in [0.2, 0.25) is 15.9 Å². The second kappa shape index (κ2) is 7.59. The molecule has 0 radical (unpaired) electrons. The lowest BCUT2D eigenvalue weighted by atomic mass is 10.0. The van der Waals surface area contributed by atoms with Crippen LogP contribution in [-0.2, 0) is 14.8 Å². The second-order valence-electron chi connectivity index (χ2n) is 5.70. The average molecular weight is 346 g/mol. The molecule has 2 aromatic carbocycles. The molecular formula is C18H22N2O3S. The number of hydrogen-bond donors (Lipinski definition) is 2. The maximum Gasteiger partial charge on any atom is 0.241 e. The van der Waals surface area contributed by atoms with E-state index in [0.29, 0.717) is 12.1 Å². The lowest BCUT2D eigenvalue weighted by Crippen LogP contribution is -2.28. The highest BCUT2D eigenvalue weighted by atomic mass is 32.2. The molecule has 24 heavy (non-hydrogen) atoms. The number of sulfonamides is 1. The number of rotatable bonds is 6. The lowest BCUT2D eigenvalue weighted by molar-refractivity contribution is -0.114. The van der Waals surface area contributed by atoms with Crippen molar-refractivity contribution in [2.45, 2.75) is 38.1 Å². The zero-order valence-corrected chi connectivity index (χ0v) is 14.9. The predicted molar refractivity (Wildman–Crippen MR) is 95.3 cm³/mol. The van der Waals surface area contributed by atoms with Gasteiger partial charge in [0.05, 0.1) is 4.90 Å². The summed E-state index contributed by atoms with van der Waals surface area (Å²) in [5, 5.41) is 2.61. The quantitative estimate of drug-likeness (QED) is 0.842. The summed E-state index contributed by atoms with van der Waals surface area (Å²) in [6.45, 7) is 5.33. The molecule has 0 bridgehead atoms. The van der Waals surface area contributed by atoms with E-state index in [0.717, 1.165) is 11.1 Å². The minimum atomic E-state index is -3.64. The first-order valence-electron chi connectivity index (χ1n) is 7.78. The third-order valence-corrected chi connectivity index (χ3v) is 5.16. The van der Waals surface area contributed by atoms with E-state index in [1.165, 1.54) is 19.1 Å². The number of nitrogens with one attached hydrogen (secondary N) is 2. The molecule has 0 fully saturated rings. The molecular weight excluding hydrogens is 324 g/mol. The van der Waals surface area contributed by atoms with Gasteiger partial charge in [-0.15, -0.1) is 0 Å². The van der Waals surface area contributed by atoms with E-state index in [1.807, 2.05) is 38.1 Å². The zero-order chi connectivity index (χ0) is 17.7. The van der Waals surface area contributed by atoms with Crippen molar-refractivity contribution < 1.29 is 13.2 Å².